The Hall–Kier alpha value is -3.13. The van der Waals surface area contributed by atoms with Crippen LogP contribution in [0.15, 0.2) is 42.5 Å². The number of rotatable bonds is 5. The van der Waals surface area contributed by atoms with E-state index in [4.69, 9.17) is 14.2 Å². The van der Waals surface area contributed by atoms with Crippen LogP contribution in [0.4, 0.5) is 4.39 Å². The summed E-state index contributed by atoms with van der Waals surface area (Å²) in [4.78, 5) is 24.6. The van der Waals surface area contributed by atoms with Crippen molar-refractivity contribution in [1.82, 2.24) is 5.32 Å². The molecule has 1 N–H and O–H groups in total. The Labute approximate surface area is 163 Å². The molecule has 1 aromatic heterocycles. The highest BCUT2D eigenvalue weighted by Gasteiger charge is 2.18. The SMILES string of the molecule is C[C@@H](NC(=O)COC(=O)c1cc2cc(F)ccc2s1)c1ccc2c(c1)OCO2. The number of carbonyl (C=O) groups excluding carboxylic acids is 2. The van der Waals surface area contributed by atoms with E-state index < -0.39 is 18.5 Å². The van der Waals surface area contributed by atoms with Crippen LogP contribution in [0.25, 0.3) is 10.1 Å². The van der Waals surface area contributed by atoms with E-state index in [1.807, 2.05) is 13.0 Å². The fourth-order valence-electron chi connectivity index (χ4n) is 2.87. The third-order valence-corrected chi connectivity index (χ3v) is 5.38. The van der Waals surface area contributed by atoms with Crippen LogP contribution < -0.4 is 14.8 Å². The number of benzene rings is 2. The van der Waals surface area contributed by atoms with Gasteiger partial charge in [0.25, 0.3) is 5.91 Å². The smallest absolute Gasteiger partial charge is 0.348 e. The van der Waals surface area contributed by atoms with Gasteiger partial charge in [-0.05, 0) is 54.3 Å². The first-order chi connectivity index (χ1) is 13.5. The number of hydrogen-bond donors (Lipinski definition) is 1. The van der Waals surface area contributed by atoms with Crippen LogP contribution >= 0.6 is 11.3 Å². The van der Waals surface area contributed by atoms with Crippen LogP contribution in [-0.2, 0) is 9.53 Å². The monoisotopic (exact) mass is 401 g/mol. The van der Waals surface area contributed by atoms with Gasteiger partial charge in [-0.3, -0.25) is 4.79 Å². The molecule has 144 valence electrons. The van der Waals surface area contributed by atoms with Gasteiger partial charge in [-0.25, -0.2) is 9.18 Å². The fourth-order valence-corrected chi connectivity index (χ4v) is 3.80. The predicted octanol–water partition coefficient (Wildman–Crippen LogP) is 3.80. The molecule has 0 aliphatic carbocycles. The Balaban J connectivity index is 1.33. The molecule has 1 aliphatic rings. The number of fused-ring (bicyclic) bond motifs is 2. The summed E-state index contributed by atoms with van der Waals surface area (Å²) in [5.74, 6) is -0.120. The first-order valence-corrected chi connectivity index (χ1v) is 9.36. The summed E-state index contributed by atoms with van der Waals surface area (Å²) in [6.45, 7) is 1.59. The molecule has 1 atom stereocenters. The van der Waals surface area contributed by atoms with E-state index in [-0.39, 0.29) is 18.7 Å². The van der Waals surface area contributed by atoms with E-state index in [1.165, 1.54) is 23.5 Å². The summed E-state index contributed by atoms with van der Waals surface area (Å²) < 4.78 is 29.7. The van der Waals surface area contributed by atoms with Crippen molar-refractivity contribution in [3.63, 3.8) is 0 Å². The van der Waals surface area contributed by atoms with Crippen LogP contribution in [0.5, 0.6) is 11.5 Å². The highest BCUT2D eigenvalue weighted by atomic mass is 32.1. The van der Waals surface area contributed by atoms with Gasteiger partial charge in [0.15, 0.2) is 18.1 Å². The quantitative estimate of drug-likeness (QED) is 0.659. The van der Waals surface area contributed by atoms with Gasteiger partial charge in [0.1, 0.15) is 10.7 Å². The van der Waals surface area contributed by atoms with E-state index in [0.717, 1.165) is 10.3 Å². The lowest BCUT2D eigenvalue weighted by atomic mass is 10.1. The van der Waals surface area contributed by atoms with Crippen molar-refractivity contribution in [2.45, 2.75) is 13.0 Å². The number of ether oxygens (including phenoxy) is 3. The molecule has 3 aromatic rings. The number of esters is 1. The normalized spacial score (nSPS) is 13.4. The second-order valence-corrected chi connectivity index (χ2v) is 7.35. The minimum absolute atomic E-state index is 0.180. The molecule has 4 rings (SSSR count). The van der Waals surface area contributed by atoms with E-state index in [0.29, 0.717) is 21.8 Å². The van der Waals surface area contributed by atoms with E-state index in [1.54, 1.807) is 24.3 Å². The molecule has 1 aliphatic heterocycles. The van der Waals surface area contributed by atoms with Crippen molar-refractivity contribution in [2.75, 3.05) is 13.4 Å². The first kappa shape index (κ1) is 18.2. The lowest BCUT2D eigenvalue weighted by Crippen LogP contribution is -2.31. The van der Waals surface area contributed by atoms with Gasteiger partial charge in [0.05, 0.1) is 6.04 Å². The number of carbonyl (C=O) groups is 2. The molecule has 8 heteroatoms. The van der Waals surface area contributed by atoms with Crippen molar-refractivity contribution < 1.29 is 28.2 Å². The second-order valence-electron chi connectivity index (χ2n) is 6.27. The lowest BCUT2D eigenvalue weighted by Gasteiger charge is -2.14. The number of thiophene rings is 1. The van der Waals surface area contributed by atoms with Crippen LogP contribution in [-0.4, -0.2) is 25.3 Å². The molecule has 2 aromatic carbocycles. The minimum Gasteiger partial charge on any atom is -0.454 e. The molecule has 2 heterocycles. The molecule has 0 spiro atoms. The molecule has 0 bridgehead atoms. The average molecular weight is 401 g/mol. The fraction of sp³-hybridized carbons (Fsp3) is 0.200. The molecule has 0 fully saturated rings. The van der Waals surface area contributed by atoms with Crippen LogP contribution in [0.3, 0.4) is 0 Å². The van der Waals surface area contributed by atoms with Gasteiger partial charge < -0.3 is 19.5 Å². The van der Waals surface area contributed by atoms with Crippen molar-refractivity contribution in [1.29, 1.82) is 0 Å². The van der Waals surface area contributed by atoms with Crippen molar-refractivity contribution in [3.05, 3.63) is 58.7 Å². The Kier molecular flexibility index (Phi) is 4.87. The zero-order valence-electron chi connectivity index (χ0n) is 14.9. The standard InChI is InChI=1S/C20H16FNO5S/c1-11(12-2-4-15-16(7-12)27-10-26-15)22-19(23)9-25-20(24)18-8-13-6-14(21)3-5-17(13)28-18/h2-8,11H,9-10H2,1H3,(H,22,23)/t11-/m1/s1. The molecule has 28 heavy (non-hydrogen) atoms. The average Bonchev–Trinajstić information content (AvgIpc) is 3.31. The van der Waals surface area contributed by atoms with E-state index >= 15 is 0 Å². The molecule has 0 saturated heterocycles. The summed E-state index contributed by atoms with van der Waals surface area (Å²) in [7, 11) is 0. The molecule has 0 unspecified atom stereocenters. The van der Waals surface area contributed by atoms with Gasteiger partial charge in [-0.2, -0.15) is 0 Å². The van der Waals surface area contributed by atoms with Gasteiger partial charge in [-0.15, -0.1) is 11.3 Å². The van der Waals surface area contributed by atoms with Gasteiger partial charge >= 0.3 is 5.97 Å². The topological polar surface area (TPSA) is 73.9 Å². The largest absolute Gasteiger partial charge is 0.454 e. The highest BCUT2D eigenvalue weighted by Crippen LogP contribution is 2.34. The third kappa shape index (κ3) is 3.77. The molecular formula is C20H16FNO5S. The number of amides is 1. The zero-order chi connectivity index (χ0) is 19.7. The van der Waals surface area contributed by atoms with E-state index in [9.17, 15) is 14.0 Å². The van der Waals surface area contributed by atoms with E-state index in [2.05, 4.69) is 5.32 Å². The summed E-state index contributed by atoms with van der Waals surface area (Å²) in [6, 6.07) is 11.0. The summed E-state index contributed by atoms with van der Waals surface area (Å²) in [5.41, 5.74) is 0.843. The van der Waals surface area contributed by atoms with Crippen LogP contribution in [0.1, 0.15) is 28.2 Å². The zero-order valence-corrected chi connectivity index (χ0v) is 15.7. The second kappa shape index (κ2) is 7.47. The van der Waals surface area contributed by atoms with Crippen molar-refractivity contribution >= 4 is 33.3 Å². The number of hydrogen-bond acceptors (Lipinski definition) is 6. The van der Waals surface area contributed by atoms with Crippen LogP contribution in [0, 0.1) is 5.82 Å². The Morgan fingerprint density at radius 1 is 1.18 bits per heavy atom. The van der Waals surface area contributed by atoms with Crippen LogP contribution in [0.2, 0.25) is 0 Å². The summed E-state index contributed by atoms with van der Waals surface area (Å²) in [5, 5.41) is 3.39. The lowest BCUT2D eigenvalue weighted by molar-refractivity contribution is -0.124. The molecule has 1 amide bonds. The predicted molar refractivity (Wildman–Crippen MR) is 101 cm³/mol. The Morgan fingerprint density at radius 3 is 2.86 bits per heavy atom. The maximum absolute atomic E-state index is 13.3. The maximum Gasteiger partial charge on any atom is 0.348 e. The maximum atomic E-state index is 13.3. The Morgan fingerprint density at radius 2 is 2.00 bits per heavy atom. The van der Waals surface area contributed by atoms with Crippen molar-refractivity contribution in [2.24, 2.45) is 0 Å². The molecule has 0 saturated carbocycles. The van der Waals surface area contributed by atoms with Gasteiger partial charge in [0.2, 0.25) is 6.79 Å². The van der Waals surface area contributed by atoms with Gasteiger partial charge in [0, 0.05) is 4.70 Å². The summed E-state index contributed by atoms with van der Waals surface area (Å²) in [6.07, 6.45) is 0. The highest BCUT2D eigenvalue weighted by molar-refractivity contribution is 7.20. The van der Waals surface area contributed by atoms with Crippen molar-refractivity contribution in [3.8, 4) is 11.5 Å². The van der Waals surface area contributed by atoms with Gasteiger partial charge in [-0.1, -0.05) is 6.07 Å². The minimum atomic E-state index is -0.618. The third-order valence-electron chi connectivity index (χ3n) is 4.29. The molecule has 0 radical (unpaired) electrons. The Bertz CT molecular complexity index is 1060. The number of halogens is 1. The first-order valence-electron chi connectivity index (χ1n) is 8.55. The molecule has 6 nitrogen and oxygen atoms in total. The molecular weight excluding hydrogens is 385 g/mol. The number of nitrogens with one attached hydrogen (secondary N) is 1. The summed E-state index contributed by atoms with van der Waals surface area (Å²) >= 11 is 1.19.